The van der Waals surface area contributed by atoms with Crippen LogP contribution in [-0.4, -0.2) is 33.2 Å². The van der Waals surface area contributed by atoms with Crippen molar-refractivity contribution in [3.05, 3.63) is 42.1 Å². The van der Waals surface area contributed by atoms with Crippen molar-refractivity contribution in [2.75, 3.05) is 6.54 Å². The van der Waals surface area contributed by atoms with Crippen LogP contribution in [0.3, 0.4) is 0 Å². The van der Waals surface area contributed by atoms with E-state index in [-0.39, 0.29) is 11.9 Å². The number of rotatable bonds is 6. The van der Waals surface area contributed by atoms with Crippen LogP contribution in [0.4, 0.5) is 0 Å². The van der Waals surface area contributed by atoms with E-state index in [4.69, 9.17) is 4.42 Å². The molecule has 4 rings (SSSR count). The number of furan rings is 1. The van der Waals surface area contributed by atoms with E-state index < -0.39 is 0 Å². The summed E-state index contributed by atoms with van der Waals surface area (Å²) in [5, 5.41) is 4.26. The molecule has 5 heteroatoms. The zero-order valence-electron chi connectivity index (χ0n) is 14.2. The smallest absolute Gasteiger partial charge is 0.223 e. The minimum atomic E-state index is 0.238. The van der Waals surface area contributed by atoms with Gasteiger partial charge in [0.1, 0.15) is 11.5 Å². The van der Waals surface area contributed by atoms with Crippen LogP contribution in [0, 0.1) is 5.92 Å². The molecule has 1 aliphatic carbocycles. The summed E-state index contributed by atoms with van der Waals surface area (Å²) in [6.45, 7) is 3.92. The van der Waals surface area contributed by atoms with E-state index >= 15 is 0 Å². The minimum Gasteiger partial charge on any atom is -0.466 e. The van der Waals surface area contributed by atoms with Crippen LogP contribution in [-0.2, 0) is 17.8 Å². The van der Waals surface area contributed by atoms with Crippen LogP contribution < -0.4 is 0 Å². The number of aryl methyl sites for hydroxylation is 1. The van der Waals surface area contributed by atoms with Gasteiger partial charge in [0, 0.05) is 37.7 Å². The third-order valence-corrected chi connectivity index (χ3v) is 5.40. The monoisotopic (exact) mass is 327 g/mol. The first kappa shape index (κ1) is 15.5. The van der Waals surface area contributed by atoms with Crippen molar-refractivity contribution >= 4 is 5.91 Å². The Morgan fingerprint density at radius 1 is 1.42 bits per heavy atom. The zero-order valence-corrected chi connectivity index (χ0v) is 14.2. The predicted molar refractivity (Wildman–Crippen MR) is 90.5 cm³/mol. The first-order chi connectivity index (χ1) is 11.7. The number of nitrogens with zero attached hydrogens (tertiary/aromatic N) is 3. The number of hydrogen-bond acceptors (Lipinski definition) is 3. The molecule has 2 fully saturated rings. The third-order valence-electron chi connectivity index (χ3n) is 5.40. The predicted octanol–water partition coefficient (Wildman–Crippen LogP) is 3.22. The van der Waals surface area contributed by atoms with E-state index in [2.05, 4.69) is 18.1 Å². The second kappa shape index (κ2) is 6.46. The zero-order chi connectivity index (χ0) is 16.5. The van der Waals surface area contributed by atoms with Crippen molar-refractivity contribution in [2.24, 2.45) is 5.92 Å². The van der Waals surface area contributed by atoms with Crippen molar-refractivity contribution in [1.29, 1.82) is 0 Å². The lowest BCUT2D eigenvalue weighted by molar-refractivity contribution is -0.132. The lowest BCUT2D eigenvalue weighted by Gasteiger charge is -2.24. The van der Waals surface area contributed by atoms with Crippen LogP contribution in [0.5, 0.6) is 0 Å². The van der Waals surface area contributed by atoms with Gasteiger partial charge in [0.05, 0.1) is 12.6 Å². The van der Waals surface area contributed by atoms with Gasteiger partial charge in [0.25, 0.3) is 0 Å². The second-order valence-electron chi connectivity index (χ2n) is 7.23. The van der Waals surface area contributed by atoms with Gasteiger partial charge in [-0.1, -0.05) is 6.92 Å². The van der Waals surface area contributed by atoms with Gasteiger partial charge in [0.2, 0.25) is 5.91 Å². The maximum Gasteiger partial charge on any atom is 0.223 e. The standard InChI is InChI=1S/C19H25N3O2/c1-14-12-17(14)18-7-5-16(24-18)6-8-19(23)22-11-2-4-15(22)13-21-10-3-9-20-21/h3,5,7,9-10,14-15,17H,2,4,6,8,11-13H2,1H3/t14-,15-,17-/m1/s1. The molecule has 0 unspecified atom stereocenters. The Labute approximate surface area is 142 Å². The van der Waals surface area contributed by atoms with Crippen LogP contribution >= 0.6 is 0 Å². The third kappa shape index (κ3) is 3.25. The Hall–Kier alpha value is -2.04. The van der Waals surface area contributed by atoms with Gasteiger partial charge >= 0.3 is 0 Å². The molecular weight excluding hydrogens is 302 g/mol. The Kier molecular flexibility index (Phi) is 4.17. The summed E-state index contributed by atoms with van der Waals surface area (Å²) >= 11 is 0. The molecule has 2 aliphatic rings. The number of hydrogen-bond donors (Lipinski definition) is 0. The molecule has 0 bridgehead atoms. The van der Waals surface area contributed by atoms with E-state index in [1.807, 2.05) is 27.9 Å². The second-order valence-corrected chi connectivity index (χ2v) is 7.23. The van der Waals surface area contributed by atoms with Crippen LogP contribution in [0.25, 0.3) is 0 Å². The fourth-order valence-corrected chi connectivity index (χ4v) is 3.80. The molecule has 5 nitrogen and oxygen atoms in total. The molecule has 1 saturated heterocycles. The molecule has 0 spiro atoms. The Bertz CT molecular complexity index is 691. The highest BCUT2D eigenvalue weighted by Crippen LogP contribution is 2.47. The van der Waals surface area contributed by atoms with Gasteiger partial charge in [0.15, 0.2) is 0 Å². The highest BCUT2D eigenvalue weighted by molar-refractivity contribution is 5.77. The highest BCUT2D eigenvalue weighted by atomic mass is 16.3. The number of carbonyl (C=O) groups is 1. The summed E-state index contributed by atoms with van der Waals surface area (Å²) < 4.78 is 7.84. The largest absolute Gasteiger partial charge is 0.466 e. The van der Waals surface area contributed by atoms with E-state index in [0.717, 1.165) is 43.4 Å². The average Bonchev–Trinajstić information content (AvgIpc) is 3.08. The first-order valence-corrected chi connectivity index (χ1v) is 9.06. The number of amides is 1. The van der Waals surface area contributed by atoms with Crippen molar-refractivity contribution in [3.63, 3.8) is 0 Å². The molecule has 1 aliphatic heterocycles. The van der Waals surface area contributed by atoms with E-state index in [9.17, 15) is 4.79 Å². The average molecular weight is 327 g/mol. The lowest BCUT2D eigenvalue weighted by atomic mass is 10.2. The molecule has 0 radical (unpaired) electrons. The van der Waals surface area contributed by atoms with Gasteiger partial charge in [-0.15, -0.1) is 0 Å². The van der Waals surface area contributed by atoms with Crippen LogP contribution in [0.15, 0.2) is 35.0 Å². The Balaban J connectivity index is 1.31. The molecule has 24 heavy (non-hydrogen) atoms. The van der Waals surface area contributed by atoms with Crippen LogP contribution in [0.2, 0.25) is 0 Å². The Morgan fingerprint density at radius 2 is 2.29 bits per heavy atom. The van der Waals surface area contributed by atoms with Crippen molar-refractivity contribution < 1.29 is 9.21 Å². The summed E-state index contributed by atoms with van der Waals surface area (Å²) in [5.74, 6) is 3.63. The highest BCUT2D eigenvalue weighted by Gasteiger charge is 2.36. The Morgan fingerprint density at radius 3 is 3.04 bits per heavy atom. The summed E-state index contributed by atoms with van der Waals surface area (Å²) in [6.07, 6.45) is 8.36. The van der Waals surface area contributed by atoms with E-state index in [1.165, 1.54) is 6.42 Å². The molecule has 1 saturated carbocycles. The molecule has 1 amide bonds. The van der Waals surface area contributed by atoms with Crippen molar-refractivity contribution in [3.8, 4) is 0 Å². The molecule has 128 valence electrons. The molecule has 0 N–H and O–H groups in total. The van der Waals surface area contributed by atoms with Gasteiger partial charge in [-0.3, -0.25) is 9.48 Å². The van der Waals surface area contributed by atoms with Crippen molar-refractivity contribution in [1.82, 2.24) is 14.7 Å². The van der Waals surface area contributed by atoms with E-state index in [0.29, 0.717) is 18.8 Å². The number of carbonyl (C=O) groups excluding carboxylic acids is 1. The van der Waals surface area contributed by atoms with Gasteiger partial charge in [-0.2, -0.15) is 5.10 Å². The van der Waals surface area contributed by atoms with Gasteiger partial charge in [-0.05, 0) is 43.4 Å². The maximum absolute atomic E-state index is 12.6. The van der Waals surface area contributed by atoms with Gasteiger partial charge in [-0.25, -0.2) is 0 Å². The minimum absolute atomic E-state index is 0.238. The quantitative estimate of drug-likeness (QED) is 0.818. The summed E-state index contributed by atoms with van der Waals surface area (Å²) in [6, 6.07) is 6.33. The summed E-state index contributed by atoms with van der Waals surface area (Å²) in [7, 11) is 0. The molecule has 0 aromatic carbocycles. The molecule has 2 aromatic rings. The summed E-state index contributed by atoms with van der Waals surface area (Å²) in [4.78, 5) is 14.7. The normalized spacial score (nSPS) is 26.0. The molecular formula is C19H25N3O2. The molecule has 2 aromatic heterocycles. The topological polar surface area (TPSA) is 51.3 Å². The fourth-order valence-electron chi connectivity index (χ4n) is 3.80. The lowest BCUT2D eigenvalue weighted by Crippen LogP contribution is -2.38. The van der Waals surface area contributed by atoms with Gasteiger partial charge < -0.3 is 9.32 Å². The number of likely N-dealkylation sites (tertiary alicyclic amines) is 1. The maximum atomic E-state index is 12.6. The first-order valence-electron chi connectivity index (χ1n) is 9.06. The van der Waals surface area contributed by atoms with Crippen molar-refractivity contribution in [2.45, 2.75) is 57.5 Å². The summed E-state index contributed by atoms with van der Waals surface area (Å²) in [5.41, 5.74) is 0. The molecule has 3 heterocycles. The SMILES string of the molecule is C[C@@H]1C[C@H]1c1ccc(CCC(=O)N2CCC[C@@H]2Cn2cccn2)o1. The molecule has 3 atom stereocenters. The van der Waals surface area contributed by atoms with E-state index in [1.54, 1.807) is 6.20 Å². The number of aromatic nitrogens is 2. The fraction of sp³-hybridized carbons (Fsp3) is 0.579. The van der Waals surface area contributed by atoms with Crippen LogP contribution in [0.1, 0.15) is 50.0 Å².